The molecule has 1 N–H and O–H groups in total. The Hall–Kier alpha value is -2.70. The van der Waals surface area contributed by atoms with Crippen molar-refractivity contribution in [3.63, 3.8) is 0 Å². The maximum atomic E-state index is 13.2. The number of hydrogen-bond acceptors (Lipinski definition) is 3. The van der Waals surface area contributed by atoms with Gasteiger partial charge in [-0.25, -0.2) is 9.18 Å². The Morgan fingerprint density at radius 3 is 2.75 bits per heavy atom. The SMILES string of the molecule is Cc1ccn(Cc2cc(F)ccc2[N+](=O)[O-])c1C(=O)O. The summed E-state index contributed by atoms with van der Waals surface area (Å²) in [6, 6.07) is 4.70. The predicted molar refractivity (Wildman–Crippen MR) is 68.3 cm³/mol. The first-order valence-corrected chi connectivity index (χ1v) is 5.72. The lowest BCUT2D eigenvalue weighted by atomic mass is 10.1. The quantitative estimate of drug-likeness (QED) is 0.688. The lowest BCUT2D eigenvalue weighted by Gasteiger charge is -2.08. The highest BCUT2D eigenvalue weighted by atomic mass is 19.1. The fraction of sp³-hybridized carbons (Fsp3) is 0.154. The van der Waals surface area contributed by atoms with Crippen LogP contribution >= 0.6 is 0 Å². The molecule has 20 heavy (non-hydrogen) atoms. The van der Waals surface area contributed by atoms with Gasteiger partial charge in [0.15, 0.2) is 0 Å². The molecule has 0 saturated heterocycles. The molecule has 0 saturated carbocycles. The van der Waals surface area contributed by atoms with Crippen LogP contribution in [-0.2, 0) is 6.54 Å². The Morgan fingerprint density at radius 2 is 2.15 bits per heavy atom. The maximum Gasteiger partial charge on any atom is 0.352 e. The minimum Gasteiger partial charge on any atom is -0.477 e. The molecule has 0 spiro atoms. The van der Waals surface area contributed by atoms with E-state index in [1.165, 1.54) is 10.8 Å². The number of aromatic carboxylic acids is 1. The minimum atomic E-state index is -1.13. The highest BCUT2D eigenvalue weighted by molar-refractivity contribution is 5.87. The smallest absolute Gasteiger partial charge is 0.352 e. The van der Waals surface area contributed by atoms with Gasteiger partial charge in [-0.3, -0.25) is 10.1 Å². The summed E-state index contributed by atoms with van der Waals surface area (Å²) in [5, 5.41) is 20.0. The van der Waals surface area contributed by atoms with Crippen LogP contribution in [-0.4, -0.2) is 20.6 Å². The number of rotatable bonds is 4. The van der Waals surface area contributed by atoms with Crippen LogP contribution in [0.4, 0.5) is 10.1 Å². The molecule has 0 amide bonds. The van der Waals surface area contributed by atoms with E-state index in [1.807, 2.05) is 0 Å². The predicted octanol–water partition coefficient (Wildman–Crippen LogP) is 2.59. The summed E-state index contributed by atoms with van der Waals surface area (Å²) in [4.78, 5) is 21.4. The Kier molecular flexibility index (Phi) is 3.51. The molecule has 0 bridgehead atoms. The molecule has 1 heterocycles. The van der Waals surface area contributed by atoms with E-state index >= 15 is 0 Å². The van der Waals surface area contributed by atoms with E-state index in [4.69, 9.17) is 5.11 Å². The Labute approximate surface area is 113 Å². The third-order valence-electron chi connectivity index (χ3n) is 2.95. The number of halogens is 1. The van der Waals surface area contributed by atoms with Gasteiger partial charge in [-0.05, 0) is 30.7 Å². The van der Waals surface area contributed by atoms with E-state index in [1.54, 1.807) is 13.0 Å². The monoisotopic (exact) mass is 278 g/mol. The van der Waals surface area contributed by atoms with E-state index in [2.05, 4.69) is 0 Å². The Balaban J connectivity index is 2.47. The zero-order chi connectivity index (χ0) is 14.9. The molecule has 0 aliphatic carbocycles. The number of nitrogens with zero attached hydrogens (tertiary/aromatic N) is 2. The van der Waals surface area contributed by atoms with Crippen molar-refractivity contribution in [2.75, 3.05) is 0 Å². The van der Waals surface area contributed by atoms with Crippen LogP contribution < -0.4 is 0 Å². The van der Waals surface area contributed by atoms with Crippen molar-refractivity contribution in [1.82, 2.24) is 4.57 Å². The zero-order valence-corrected chi connectivity index (χ0v) is 10.5. The molecule has 6 nitrogen and oxygen atoms in total. The second-order valence-electron chi connectivity index (χ2n) is 4.31. The number of hydrogen-bond donors (Lipinski definition) is 1. The molecule has 2 aromatic rings. The standard InChI is InChI=1S/C13H11FN2O4/c1-8-4-5-15(12(8)13(17)18)7-9-6-10(14)2-3-11(9)16(19)20/h2-6H,7H2,1H3,(H,17,18). The van der Waals surface area contributed by atoms with Gasteiger partial charge in [0.2, 0.25) is 0 Å². The number of aryl methyl sites for hydroxylation is 1. The number of nitro groups is 1. The molecular formula is C13H11FN2O4. The highest BCUT2D eigenvalue weighted by Gasteiger charge is 2.18. The summed E-state index contributed by atoms with van der Waals surface area (Å²) in [7, 11) is 0. The van der Waals surface area contributed by atoms with Gasteiger partial charge in [0.1, 0.15) is 11.5 Å². The van der Waals surface area contributed by atoms with Gasteiger partial charge in [-0.1, -0.05) is 0 Å². The van der Waals surface area contributed by atoms with E-state index in [9.17, 15) is 19.3 Å². The topological polar surface area (TPSA) is 85.4 Å². The minimum absolute atomic E-state index is 0.0311. The molecule has 0 atom stereocenters. The van der Waals surface area contributed by atoms with Crippen LogP contribution in [0.3, 0.4) is 0 Å². The third-order valence-corrected chi connectivity index (χ3v) is 2.95. The van der Waals surface area contributed by atoms with Gasteiger partial charge in [-0.2, -0.15) is 0 Å². The van der Waals surface area contributed by atoms with Crippen molar-refractivity contribution in [1.29, 1.82) is 0 Å². The molecular weight excluding hydrogens is 267 g/mol. The number of carboxylic acids is 1. The molecule has 0 radical (unpaired) electrons. The van der Waals surface area contributed by atoms with Crippen molar-refractivity contribution in [3.05, 3.63) is 63.2 Å². The molecule has 104 valence electrons. The van der Waals surface area contributed by atoms with Gasteiger partial charge in [-0.15, -0.1) is 0 Å². The van der Waals surface area contributed by atoms with E-state index in [-0.39, 0.29) is 23.5 Å². The summed E-state index contributed by atoms with van der Waals surface area (Å²) in [6.45, 7) is 1.55. The van der Waals surface area contributed by atoms with E-state index < -0.39 is 16.7 Å². The first-order valence-electron chi connectivity index (χ1n) is 5.72. The molecule has 0 unspecified atom stereocenters. The van der Waals surface area contributed by atoms with Crippen molar-refractivity contribution in [3.8, 4) is 0 Å². The van der Waals surface area contributed by atoms with Crippen LogP contribution in [0.15, 0.2) is 30.5 Å². The molecule has 2 rings (SSSR count). The number of aromatic nitrogens is 1. The van der Waals surface area contributed by atoms with Gasteiger partial charge in [0, 0.05) is 12.3 Å². The van der Waals surface area contributed by atoms with E-state index in [0.29, 0.717) is 5.56 Å². The van der Waals surface area contributed by atoms with Crippen LogP contribution in [0.2, 0.25) is 0 Å². The average molecular weight is 278 g/mol. The van der Waals surface area contributed by atoms with E-state index in [0.717, 1.165) is 18.2 Å². The number of benzene rings is 1. The van der Waals surface area contributed by atoms with Crippen molar-refractivity contribution in [2.45, 2.75) is 13.5 Å². The van der Waals surface area contributed by atoms with Crippen molar-refractivity contribution < 1.29 is 19.2 Å². The molecule has 7 heteroatoms. The largest absolute Gasteiger partial charge is 0.477 e. The van der Waals surface area contributed by atoms with Gasteiger partial charge < -0.3 is 9.67 Å². The Bertz CT molecular complexity index is 694. The molecule has 0 fully saturated rings. The van der Waals surface area contributed by atoms with Gasteiger partial charge in [0.05, 0.1) is 17.0 Å². The van der Waals surface area contributed by atoms with Crippen LogP contribution in [0, 0.1) is 22.9 Å². The summed E-state index contributed by atoms with van der Waals surface area (Å²) < 4.78 is 14.6. The molecule has 0 aliphatic rings. The summed E-state index contributed by atoms with van der Waals surface area (Å²) >= 11 is 0. The summed E-state index contributed by atoms with van der Waals surface area (Å²) in [5.74, 6) is -1.74. The second kappa shape index (κ2) is 5.12. The normalized spacial score (nSPS) is 10.5. The zero-order valence-electron chi connectivity index (χ0n) is 10.5. The second-order valence-corrected chi connectivity index (χ2v) is 4.31. The lowest BCUT2D eigenvalue weighted by molar-refractivity contribution is -0.385. The van der Waals surface area contributed by atoms with Crippen LogP contribution in [0.25, 0.3) is 0 Å². The maximum absolute atomic E-state index is 13.2. The molecule has 1 aromatic heterocycles. The first-order chi connectivity index (χ1) is 9.40. The van der Waals surface area contributed by atoms with Crippen molar-refractivity contribution >= 4 is 11.7 Å². The van der Waals surface area contributed by atoms with Gasteiger partial charge in [0.25, 0.3) is 5.69 Å². The summed E-state index contributed by atoms with van der Waals surface area (Å²) in [6.07, 6.45) is 1.51. The Morgan fingerprint density at radius 1 is 1.45 bits per heavy atom. The van der Waals surface area contributed by atoms with Crippen LogP contribution in [0.5, 0.6) is 0 Å². The fourth-order valence-electron chi connectivity index (χ4n) is 2.05. The molecule has 0 aliphatic heterocycles. The summed E-state index contributed by atoms with van der Waals surface area (Å²) in [5.41, 5.74) is 0.447. The highest BCUT2D eigenvalue weighted by Crippen LogP contribution is 2.22. The lowest BCUT2D eigenvalue weighted by Crippen LogP contribution is -2.11. The number of carboxylic acid groups (broad SMARTS) is 1. The third kappa shape index (κ3) is 2.51. The van der Waals surface area contributed by atoms with Gasteiger partial charge >= 0.3 is 5.97 Å². The number of nitro benzene ring substituents is 1. The molecule has 1 aromatic carbocycles. The first kappa shape index (κ1) is 13.7. The average Bonchev–Trinajstić information content (AvgIpc) is 2.70. The van der Waals surface area contributed by atoms with Crippen LogP contribution in [0.1, 0.15) is 21.6 Å². The number of carbonyl (C=O) groups is 1. The van der Waals surface area contributed by atoms with Crippen molar-refractivity contribution in [2.24, 2.45) is 0 Å². The fourth-order valence-corrected chi connectivity index (χ4v) is 2.05.